The molecule has 0 aliphatic carbocycles. The first kappa shape index (κ1) is 18.4. The third kappa shape index (κ3) is 3.69. The summed E-state index contributed by atoms with van der Waals surface area (Å²) in [6.07, 6.45) is 0. The molecule has 3 aromatic rings. The molecule has 4 rings (SSSR count). The molecule has 0 saturated heterocycles. The molecule has 4 nitrogen and oxygen atoms in total. The van der Waals surface area contributed by atoms with E-state index in [2.05, 4.69) is 5.48 Å². The average molecular weight is 392 g/mol. The van der Waals surface area contributed by atoms with Crippen molar-refractivity contribution in [3.05, 3.63) is 89.2 Å². The molecule has 1 amide bonds. The van der Waals surface area contributed by atoms with E-state index in [0.717, 1.165) is 15.4 Å². The third-order valence-electron chi connectivity index (χ3n) is 4.22. The summed E-state index contributed by atoms with van der Waals surface area (Å²) >= 11 is 1.57. The van der Waals surface area contributed by atoms with E-state index in [4.69, 9.17) is 9.83 Å². The fraction of sp³-hybridized carbons (Fsp3) is 0.0909. The smallest absolute Gasteiger partial charge is 0.274 e. The van der Waals surface area contributed by atoms with Crippen molar-refractivity contribution in [2.45, 2.75) is 16.7 Å². The number of rotatable bonds is 4. The molecule has 140 valence electrons. The highest BCUT2D eigenvalue weighted by atomic mass is 32.2. The molecule has 0 bridgehead atoms. The molecule has 0 aromatic heterocycles. The summed E-state index contributed by atoms with van der Waals surface area (Å²) in [5.74, 6) is -0.654. The van der Waals surface area contributed by atoms with Gasteiger partial charge in [-0.2, -0.15) is 0 Å². The standard InChI is InChI=1S/C22H17FN2O2S/c1-2-27-25-22(26)15-10-11-20-18(13-15)24-21(14-6-5-7-16(23)12-14)17-8-3-4-9-19(17)28-20/h3-13H,2H2,1H3,(H,25,26). The number of halogens is 1. The fourth-order valence-electron chi connectivity index (χ4n) is 2.94. The minimum atomic E-state index is -0.334. The van der Waals surface area contributed by atoms with Gasteiger partial charge < -0.3 is 0 Å². The number of carbonyl (C=O) groups excluding carboxylic acids is 1. The second-order valence-electron chi connectivity index (χ2n) is 6.12. The lowest BCUT2D eigenvalue weighted by Crippen LogP contribution is -2.23. The van der Waals surface area contributed by atoms with Gasteiger partial charge in [0.2, 0.25) is 0 Å². The van der Waals surface area contributed by atoms with E-state index >= 15 is 0 Å². The van der Waals surface area contributed by atoms with E-state index in [1.807, 2.05) is 36.4 Å². The van der Waals surface area contributed by atoms with Crippen molar-refractivity contribution in [2.24, 2.45) is 4.99 Å². The van der Waals surface area contributed by atoms with E-state index in [1.165, 1.54) is 12.1 Å². The van der Waals surface area contributed by atoms with Gasteiger partial charge in [-0.25, -0.2) is 14.9 Å². The van der Waals surface area contributed by atoms with Crippen molar-refractivity contribution < 1.29 is 14.0 Å². The Morgan fingerprint density at radius 2 is 1.93 bits per heavy atom. The monoisotopic (exact) mass is 392 g/mol. The van der Waals surface area contributed by atoms with Gasteiger partial charge in [0.25, 0.3) is 5.91 Å². The zero-order valence-electron chi connectivity index (χ0n) is 15.1. The summed E-state index contributed by atoms with van der Waals surface area (Å²) in [6.45, 7) is 2.17. The van der Waals surface area contributed by atoms with Crippen LogP contribution in [0.25, 0.3) is 0 Å². The number of amides is 1. The van der Waals surface area contributed by atoms with Crippen molar-refractivity contribution in [3.8, 4) is 0 Å². The number of benzene rings is 3. The molecule has 1 heterocycles. The minimum absolute atomic E-state index is 0.320. The highest BCUT2D eigenvalue weighted by Crippen LogP contribution is 2.41. The van der Waals surface area contributed by atoms with Crippen LogP contribution in [0.1, 0.15) is 28.4 Å². The van der Waals surface area contributed by atoms with Crippen LogP contribution in [0.5, 0.6) is 0 Å². The first-order valence-corrected chi connectivity index (χ1v) is 9.65. The maximum Gasteiger partial charge on any atom is 0.274 e. The second-order valence-corrected chi connectivity index (χ2v) is 7.20. The van der Waals surface area contributed by atoms with Crippen LogP contribution in [0, 0.1) is 5.82 Å². The third-order valence-corrected chi connectivity index (χ3v) is 5.36. The Bertz CT molecular complexity index is 1080. The van der Waals surface area contributed by atoms with Crippen molar-refractivity contribution in [2.75, 3.05) is 6.61 Å². The van der Waals surface area contributed by atoms with Gasteiger partial charge >= 0.3 is 0 Å². The molecule has 3 aromatic carbocycles. The lowest BCUT2D eigenvalue weighted by Gasteiger charge is -2.09. The van der Waals surface area contributed by atoms with Gasteiger partial charge in [0.05, 0.1) is 18.0 Å². The van der Waals surface area contributed by atoms with Crippen LogP contribution in [-0.2, 0) is 4.84 Å². The molecular formula is C22H17FN2O2S. The van der Waals surface area contributed by atoms with Crippen molar-refractivity contribution in [1.29, 1.82) is 0 Å². The molecule has 0 saturated carbocycles. The van der Waals surface area contributed by atoms with E-state index < -0.39 is 0 Å². The molecule has 0 fully saturated rings. The number of hydrogen-bond donors (Lipinski definition) is 1. The molecule has 0 unspecified atom stereocenters. The normalized spacial score (nSPS) is 12.4. The van der Waals surface area contributed by atoms with E-state index in [0.29, 0.717) is 29.1 Å². The van der Waals surface area contributed by atoms with Crippen LogP contribution in [-0.4, -0.2) is 18.2 Å². The molecule has 1 aliphatic rings. The van der Waals surface area contributed by atoms with Crippen molar-refractivity contribution in [1.82, 2.24) is 5.48 Å². The van der Waals surface area contributed by atoms with Crippen LogP contribution in [0.4, 0.5) is 10.1 Å². The molecule has 1 aliphatic heterocycles. The number of fused-ring (bicyclic) bond motifs is 2. The van der Waals surface area contributed by atoms with Gasteiger partial charge in [0.1, 0.15) is 5.82 Å². The van der Waals surface area contributed by atoms with Crippen molar-refractivity contribution in [3.63, 3.8) is 0 Å². The van der Waals surface area contributed by atoms with E-state index in [1.54, 1.807) is 36.9 Å². The Kier molecular flexibility index (Phi) is 5.23. The maximum atomic E-state index is 13.9. The molecule has 0 radical (unpaired) electrons. The Balaban J connectivity index is 1.85. The van der Waals surface area contributed by atoms with Crippen LogP contribution >= 0.6 is 11.8 Å². The predicted octanol–water partition coefficient (Wildman–Crippen LogP) is 5.14. The zero-order valence-corrected chi connectivity index (χ0v) is 15.9. The molecule has 0 spiro atoms. The van der Waals surface area contributed by atoms with Crippen LogP contribution in [0.15, 0.2) is 81.5 Å². The number of hydroxylamine groups is 1. The van der Waals surface area contributed by atoms with Crippen LogP contribution < -0.4 is 5.48 Å². The summed E-state index contributed by atoms with van der Waals surface area (Å²) in [7, 11) is 0. The predicted molar refractivity (Wildman–Crippen MR) is 108 cm³/mol. The highest BCUT2D eigenvalue weighted by Gasteiger charge is 2.20. The number of aliphatic imine (C=N–C) groups is 1. The quantitative estimate of drug-likeness (QED) is 0.489. The fourth-order valence-corrected chi connectivity index (χ4v) is 3.94. The lowest BCUT2D eigenvalue weighted by atomic mass is 10.0. The largest absolute Gasteiger partial charge is 0.274 e. The Morgan fingerprint density at radius 3 is 2.75 bits per heavy atom. The number of carbonyl (C=O) groups is 1. The van der Waals surface area contributed by atoms with Gasteiger partial charge in [0, 0.05) is 26.5 Å². The highest BCUT2D eigenvalue weighted by molar-refractivity contribution is 7.99. The first-order chi connectivity index (χ1) is 13.7. The van der Waals surface area contributed by atoms with Gasteiger partial charge in [-0.1, -0.05) is 42.1 Å². The Labute approximate surface area is 166 Å². The van der Waals surface area contributed by atoms with Gasteiger partial charge in [-0.15, -0.1) is 0 Å². The number of hydrogen-bond acceptors (Lipinski definition) is 4. The molecule has 1 N–H and O–H groups in total. The topological polar surface area (TPSA) is 50.7 Å². The van der Waals surface area contributed by atoms with Crippen molar-refractivity contribution >= 4 is 29.1 Å². The summed E-state index contributed by atoms with van der Waals surface area (Å²) < 4.78 is 13.9. The number of nitrogens with one attached hydrogen (secondary N) is 1. The van der Waals surface area contributed by atoms with Gasteiger partial charge in [-0.3, -0.25) is 9.63 Å². The molecule has 28 heavy (non-hydrogen) atoms. The molecular weight excluding hydrogens is 375 g/mol. The van der Waals surface area contributed by atoms with Gasteiger partial charge in [-0.05, 0) is 43.3 Å². The summed E-state index contributed by atoms with van der Waals surface area (Å²) in [6, 6.07) is 19.6. The first-order valence-electron chi connectivity index (χ1n) is 8.84. The number of nitrogens with zero attached hydrogens (tertiary/aromatic N) is 1. The molecule has 6 heteroatoms. The average Bonchev–Trinajstić information content (AvgIpc) is 2.88. The van der Waals surface area contributed by atoms with Crippen LogP contribution in [0.3, 0.4) is 0 Å². The summed E-state index contributed by atoms with van der Waals surface area (Å²) in [5, 5.41) is 0. The Morgan fingerprint density at radius 1 is 1.07 bits per heavy atom. The van der Waals surface area contributed by atoms with E-state index in [-0.39, 0.29) is 11.7 Å². The summed E-state index contributed by atoms with van der Waals surface area (Å²) in [4.78, 5) is 24.0. The molecule has 0 atom stereocenters. The Hall–Kier alpha value is -2.96. The van der Waals surface area contributed by atoms with Gasteiger partial charge in [0.15, 0.2) is 0 Å². The maximum absolute atomic E-state index is 13.9. The van der Waals surface area contributed by atoms with E-state index in [9.17, 15) is 9.18 Å². The minimum Gasteiger partial charge on any atom is -0.274 e. The SMILES string of the molecule is CCONC(=O)c1ccc2c(c1)N=C(c1cccc(F)c1)c1ccccc1S2. The zero-order chi connectivity index (χ0) is 19.5. The summed E-state index contributed by atoms with van der Waals surface area (Å²) in [5.41, 5.74) is 5.78. The lowest BCUT2D eigenvalue weighted by molar-refractivity contribution is 0.0364. The van der Waals surface area contributed by atoms with Crippen LogP contribution in [0.2, 0.25) is 0 Å². The second kappa shape index (κ2) is 7.96.